The minimum atomic E-state index is -1.32. The molecule has 0 radical (unpaired) electrons. The molecule has 2 fully saturated rings. The number of nitrogens with zero attached hydrogens (tertiary/aromatic N) is 2. The van der Waals surface area contributed by atoms with E-state index in [2.05, 4.69) is 59.9 Å². The van der Waals surface area contributed by atoms with E-state index in [1.807, 2.05) is 108 Å². The van der Waals surface area contributed by atoms with Crippen molar-refractivity contribution in [1.29, 1.82) is 0 Å². The summed E-state index contributed by atoms with van der Waals surface area (Å²) in [5.74, 6) is -3.21. The first-order valence-electron chi connectivity index (χ1n) is 24.8. The van der Waals surface area contributed by atoms with Crippen molar-refractivity contribution in [1.82, 2.24) is 40.9 Å². The standard InChI is InChI=1S/C55H63N8O8P3/c64-50-43(21-12-13-27-56-72)57-52(66)45(30-39-32-63(73)47-22-11-10-20-42(39)47)59-54(68)49(38-18-8-3-9-19-38)61-53(67)48-31-41(71-74)33-62(48)55(69)46(29-35-14-4-1-5-15-35)60-51(65)44(58-50)28-36-23-25-40(26-24-36)70-34-37-16-6-2-7-17-37/h1-11,14-20,22-26,32,41,43-46,48-49,56H,12-13,21,27-31,33-34,72-74H2,(H,57,66)(H,58,64)(H,59,68)(H,60,65)(H,61,67)/t41?,43-,44-,45?,46-,48+,49-/m1/s1. The fourth-order valence-corrected chi connectivity index (χ4v) is 10.3. The van der Waals surface area contributed by atoms with Crippen LogP contribution in [0.4, 0.5) is 0 Å². The number of rotatable bonds is 16. The van der Waals surface area contributed by atoms with E-state index in [1.54, 1.807) is 42.5 Å². The molecule has 3 heterocycles. The van der Waals surface area contributed by atoms with E-state index in [9.17, 15) is 24.0 Å². The highest BCUT2D eigenvalue weighted by Crippen LogP contribution is 2.28. The van der Waals surface area contributed by atoms with Crippen molar-refractivity contribution < 1.29 is 38.0 Å². The summed E-state index contributed by atoms with van der Waals surface area (Å²) in [7, 11) is 7.31. The van der Waals surface area contributed by atoms with Gasteiger partial charge in [-0.25, -0.2) is 0 Å². The summed E-state index contributed by atoms with van der Waals surface area (Å²) in [4.78, 5) is 91.0. The van der Waals surface area contributed by atoms with Crippen LogP contribution in [0.1, 0.15) is 59.5 Å². The number of nitrogens with one attached hydrogen (secondary N) is 6. The smallest absolute Gasteiger partial charge is 0.247 e. The predicted octanol–water partition coefficient (Wildman–Crippen LogP) is 5.02. The maximum Gasteiger partial charge on any atom is 0.247 e. The molecule has 19 heteroatoms. The third kappa shape index (κ3) is 14.0. The van der Waals surface area contributed by atoms with Gasteiger partial charge in [-0.05, 0) is 81.2 Å². The Hall–Kier alpha value is -6.53. The number of para-hydroxylation sites is 1. The molecule has 0 saturated carbocycles. The molecule has 5 aromatic carbocycles. The number of ether oxygens (including phenoxy) is 1. The molecule has 6 N–H and O–H groups in total. The molecule has 1 aromatic heterocycles. The van der Waals surface area contributed by atoms with Crippen LogP contribution in [-0.4, -0.2) is 94.1 Å². The average Bonchev–Trinajstić information content (AvgIpc) is 4.01. The molecule has 16 nitrogen and oxygen atoms in total. The van der Waals surface area contributed by atoms with Crippen LogP contribution in [0, 0.1) is 0 Å². The molecule has 2 saturated heterocycles. The lowest BCUT2D eigenvalue weighted by molar-refractivity contribution is -0.143. The normalized spacial score (nSPS) is 22.1. The quantitative estimate of drug-likeness (QED) is 0.0569. The molecule has 0 spiro atoms. The van der Waals surface area contributed by atoms with Crippen LogP contribution in [0.2, 0.25) is 0 Å². The van der Waals surface area contributed by atoms with E-state index in [0.717, 1.165) is 27.6 Å². The van der Waals surface area contributed by atoms with Crippen molar-refractivity contribution in [2.45, 2.75) is 93.9 Å². The summed E-state index contributed by atoms with van der Waals surface area (Å²) in [5.41, 5.74) is 4.46. The number of hydrogen-bond acceptors (Lipinski definition) is 9. The molecule has 8 rings (SSSR count). The van der Waals surface area contributed by atoms with Gasteiger partial charge in [0.25, 0.3) is 0 Å². The van der Waals surface area contributed by atoms with Crippen molar-refractivity contribution >= 4 is 74.6 Å². The Morgan fingerprint density at radius 3 is 1.84 bits per heavy atom. The summed E-state index contributed by atoms with van der Waals surface area (Å²) < 4.78 is 13.6. The van der Waals surface area contributed by atoms with E-state index in [4.69, 9.17) is 9.26 Å². The lowest BCUT2D eigenvalue weighted by atomic mass is 9.99. The van der Waals surface area contributed by atoms with Crippen molar-refractivity contribution in [3.63, 3.8) is 0 Å². The Balaban J connectivity index is 1.19. The summed E-state index contributed by atoms with van der Waals surface area (Å²) in [5, 5.41) is 18.7. The lowest BCUT2D eigenvalue weighted by Gasteiger charge is -2.32. The molecule has 2 aliphatic rings. The summed E-state index contributed by atoms with van der Waals surface area (Å²) in [6.07, 6.45) is 2.76. The van der Waals surface area contributed by atoms with Gasteiger partial charge in [0.15, 0.2) is 0 Å². The first-order valence-corrected chi connectivity index (χ1v) is 26.3. The number of carbonyl (C=O) groups is 6. The Morgan fingerprint density at radius 2 is 1.15 bits per heavy atom. The summed E-state index contributed by atoms with van der Waals surface area (Å²) in [6, 6.07) is 35.1. The molecule has 10 atom stereocenters. The first kappa shape index (κ1) is 53.8. The van der Waals surface area contributed by atoms with Gasteiger partial charge in [-0.2, -0.15) is 0 Å². The lowest BCUT2D eigenvalue weighted by Crippen LogP contribution is -2.61. The average molecular weight is 1060 g/mol. The van der Waals surface area contributed by atoms with Crippen LogP contribution >= 0.6 is 28.2 Å². The van der Waals surface area contributed by atoms with Crippen LogP contribution in [0.15, 0.2) is 146 Å². The highest BCUT2D eigenvalue weighted by molar-refractivity contribution is 7.15. The maximum absolute atomic E-state index is 15.1. The minimum Gasteiger partial charge on any atom is -0.489 e. The number of aromatic nitrogens is 1. The third-order valence-corrected chi connectivity index (χ3v) is 14.5. The maximum atomic E-state index is 15.1. The minimum absolute atomic E-state index is 0.00210. The van der Waals surface area contributed by atoms with Crippen LogP contribution in [0.3, 0.4) is 0 Å². The first-order chi connectivity index (χ1) is 36.0. The molecular weight excluding hydrogens is 994 g/mol. The van der Waals surface area contributed by atoms with E-state index in [0.29, 0.717) is 42.9 Å². The number of unbranched alkanes of at least 4 members (excludes halogenated alkanes) is 1. The zero-order valence-corrected chi connectivity index (χ0v) is 44.3. The number of fused-ring (bicyclic) bond motifs is 2. The van der Waals surface area contributed by atoms with E-state index >= 15 is 4.79 Å². The van der Waals surface area contributed by atoms with Crippen LogP contribution in [0.25, 0.3) is 10.9 Å². The van der Waals surface area contributed by atoms with Gasteiger partial charge < -0.3 is 50.2 Å². The highest BCUT2D eigenvalue weighted by atomic mass is 31.0. The molecule has 5 unspecified atom stereocenters. The van der Waals surface area contributed by atoms with Gasteiger partial charge in [0, 0.05) is 53.3 Å². The largest absolute Gasteiger partial charge is 0.489 e. The van der Waals surface area contributed by atoms with Gasteiger partial charge in [-0.15, -0.1) is 0 Å². The zero-order chi connectivity index (χ0) is 52.0. The number of benzene rings is 5. The van der Waals surface area contributed by atoms with Crippen LogP contribution in [0.5, 0.6) is 5.75 Å². The second kappa shape index (κ2) is 26.1. The summed E-state index contributed by atoms with van der Waals surface area (Å²) >= 11 is 0. The van der Waals surface area contributed by atoms with Gasteiger partial charge in [0.2, 0.25) is 35.4 Å². The topological polar surface area (TPSA) is 201 Å². The van der Waals surface area contributed by atoms with E-state index < -0.39 is 77.8 Å². The molecule has 6 amide bonds. The zero-order valence-electron chi connectivity index (χ0n) is 40.9. The number of hydrogen-bond donors (Lipinski definition) is 6. The Morgan fingerprint density at radius 1 is 0.581 bits per heavy atom. The molecule has 0 bridgehead atoms. The molecule has 386 valence electrons. The monoisotopic (exact) mass is 1060 g/mol. The van der Waals surface area contributed by atoms with E-state index in [1.165, 1.54) is 4.90 Å². The van der Waals surface area contributed by atoms with Crippen molar-refractivity contribution in [2.75, 3.05) is 13.1 Å². The Labute approximate surface area is 438 Å². The van der Waals surface area contributed by atoms with Crippen LogP contribution in [-0.2, 0) is 59.2 Å². The van der Waals surface area contributed by atoms with Gasteiger partial charge >= 0.3 is 0 Å². The number of carbonyl (C=O) groups excluding carboxylic acids is 6. The molecule has 6 aromatic rings. The predicted molar refractivity (Wildman–Crippen MR) is 293 cm³/mol. The number of amides is 6. The fourth-order valence-electron chi connectivity index (χ4n) is 9.52. The van der Waals surface area contributed by atoms with Gasteiger partial charge in [0.05, 0.1) is 11.6 Å². The molecule has 2 aliphatic heterocycles. The molecule has 74 heavy (non-hydrogen) atoms. The van der Waals surface area contributed by atoms with Gasteiger partial charge in [0.1, 0.15) is 48.6 Å². The highest BCUT2D eigenvalue weighted by Gasteiger charge is 2.44. The SMILES string of the molecule is O=C1N[C@H](CCCCNP)C(=O)N[C@H](Cc2ccc(OCc3ccccc3)cc2)C(=O)N[C@H](Cc2ccccc2)C(=O)N2CC(OP)C[C@H]2C(=O)N[C@H](c2ccccc2)C(=O)NC1Cc1cn(P)c2ccccc12. The summed E-state index contributed by atoms with van der Waals surface area (Å²) in [6.45, 7) is 0.967. The van der Waals surface area contributed by atoms with Crippen molar-refractivity contribution in [2.24, 2.45) is 0 Å². The van der Waals surface area contributed by atoms with Gasteiger partial charge in [-0.1, -0.05) is 131 Å². The Kier molecular flexibility index (Phi) is 19.0. The Bertz CT molecular complexity index is 2880. The molecular formula is C55H63N8O8P3. The van der Waals surface area contributed by atoms with Gasteiger partial charge in [-0.3, -0.25) is 28.8 Å². The second-order valence-corrected chi connectivity index (χ2v) is 19.9. The van der Waals surface area contributed by atoms with Crippen molar-refractivity contribution in [3.8, 4) is 5.75 Å². The second-order valence-electron chi connectivity index (χ2n) is 18.6. The fraction of sp³-hybridized carbons (Fsp3) is 0.309. The van der Waals surface area contributed by atoms with Crippen LogP contribution < -0.4 is 36.4 Å². The van der Waals surface area contributed by atoms with E-state index in [-0.39, 0.29) is 38.6 Å². The third-order valence-electron chi connectivity index (χ3n) is 13.4. The van der Waals surface area contributed by atoms with Crippen molar-refractivity contribution in [3.05, 3.63) is 174 Å². The molecule has 0 aliphatic carbocycles.